The zero-order chi connectivity index (χ0) is 11.7. The minimum absolute atomic E-state index is 0.326. The SMILES string of the molecule is CCCCC(CCC)(CCC)OB(O)O. The molecule has 3 nitrogen and oxygen atoms in total. The van der Waals surface area contributed by atoms with E-state index in [1.165, 1.54) is 0 Å². The van der Waals surface area contributed by atoms with Crippen LogP contribution in [0.3, 0.4) is 0 Å². The van der Waals surface area contributed by atoms with Crippen LogP contribution in [0.1, 0.15) is 65.7 Å². The predicted octanol–water partition coefficient (Wildman–Crippen LogP) is 2.50. The first-order valence-electron chi connectivity index (χ1n) is 6.14. The van der Waals surface area contributed by atoms with Crippen molar-refractivity contribution in [1.82, 2.24) is 0 Å². The Morgan fingerprint density at radius 3 is 1.80 bits per heavy atom. The van der Waals surface area contributed by atoms with E-state index in [1.54, 1.807) is 0 Å². The fraction of sp³-hybridized carbons (Fsp3) is 1.00. The van der Waals surface area contributed by atoms with Gasteiger partial charge in [-0.25, -0.2) is 0 Å². The summed E-state index contributed by atoms with van der Waals surface area (Å²) in [7, 11) is -1.64. The summed E-state index contributed by atoms with van der Waals surface area (Å²) < 4.78 is 5.33. The van der Waals surface area contributed by atoms with Crippen molar-refractivity contribution in [3.8, 4) is 0 Å². The van der Waals surface area contributed by atoms with E-state index in [2.05, 4.69) is 20.8 Å². The summed E-state index contributed by atoms with van der Waals surface area (Å²) in [6.07, 6.45) is 6.93. The molecule has 0 aromatic carbocycles. The Bertz CT molecular complexity index is 145. The van der Waals surface area contributed by atoms with Gasteiger partial charge in [-0.1, -0.05) is 46.5 Å². The first-order valence-corrected chi connectivity index (χ1v) is 6.14. The Morgan fingerprint density at radius 1 is 0.933 bits per heavy atom. The average molecular weight is 216 g/mol. The van der Waals surface area contributed by atoms with Gasteiger partial charge in [-0.3, -0.25) is 0 Å². The molecule has 0 bridgehead atoms. The minimum Gasteiger partial charge on any atom is -0.402 e. The van der Waals surface area contributed by atoms with Crippen LogP contribution in [0, 0.1) is 0 Å². The van der Waals surface area contributed by atoms with Gasteiger partial charge in [0.05, 0.1) is 5.60 Å². The van der Waals surface area contributed by atoms with Crippen LogP contribution in [0.15, 0.2) is 0 Å². The van der Waals surface area contributed by atoms with E-state index in [9.17, 15) is 0 Å². The van der Waals surface area contributed by atoms with Crippen LogP contribution in [0.5, 0.6) is 0 Å². The molecule has 0 spiro atoms. The Hall–Kier alpha value is -0.0551. The molecule has 0 aromatic heterocycles. The summed E-state index contributed by atoms with van der Waals surface area (Å²) in [5.41, 5.74) is -0.326. The molecule has 0 amide bonds. The predicted molar refractivity (Wildman–Crippen MR) is 63.3 cm³/mol. The monoisotopic (exact) mass is 216 g/mol. The molecule has 0 saturated carbocycles. The summed E-state index contributed by atoms with van der Waals surface area (Å²) in [5, 5.41) is 17.9. The average Bonchev–Trinajstić information content (AvgIpc) is 2.14. The third kappa shape index (κ3) is 6.18. The fourth-order valence-corrected chi connectivity index (χ4v) is 2.19. The third-order valence-electron chi connectivity index (χ3n) is 2.75. The van der Waals surface area contributed by atoms with E-state index in [-0.39, 0.29) is 5.60 Å². The van der Waals surface area contributed by atoms with Gasteiger partial charge in [0.2, 0.25) is 0 Å². The molecule has 90 valence electrons. The zero-order valence-corrected chi connectivity index (χ0v) is 10.3. The molecule has 0 heterocycles. The van der Waals surface area contributed by atoms with Crippen molar-refractivity contribution >= 4 is 7.32 Å². The van der Waals surface area contributed by atoms with Gasteiger partial charge in [-0.2, -0.15) is 0 Å². The van der Waals surface area contributed by atoms with Gasteiger partial charge in [0.25, 0.3) is 0 Å². The normalized spacial score (nSPS) is 11.8. The van der Waals surface area contributed by atoms with Gasteiger partial charge >= 0.3 is 7.32 Å². The first-order chi connectivity index (χ1) is 7.10. The van der Waals surface area contributed by atoms with Crippen LogP contribution in [-0.4, -0.2) is 23.0 Å². The summed E-state index contributed by atoms with van der Waals surface area (Å²) in [5.74, 6) is 0. The van der Waals surface area contributed by atoms with E-state index >= 15 is 0 Å². The molecule has 0 radical (unpaired) electrons. The van der Waals surface area contributed by atoms with E-state index in [4.69, 9.17) is 14.7 Å². The van der Waals surface area contributed by atoms with Crippen LogP contribution in [-0.2, 0) is 4.65 Å². The van der Waals surface area contributed by atoms with Gasteiger partial charge in [-0.15, -0.1) is 0 Å². The molecule has 0 atom stereocenters. The second kappa shape index (κ2) is 8.14. The highest BCUT2D eigenvalue weighted by atomic mass is 16.6. The maximum atomic E-state index is 8.97. The van der Waals surface area contributed by atoms with Crippen LogP contribution in [0.2, 0.25) is 0 Å². The van der Waals surface area contributed by atoms with E-state index in [0.717, 1.165) is 44.9 Å². The van der Waals surface area contributed by atoms with Gasteiger partial charge in [0.1, 0.15) is 0 Å². The van der Waals surface area contributed by atoms with Crippen molar-refractivity contribution in [1.29, 1.82) is 0 Å². The van der Waals surface area contributed by atoms with E-state index in [1.807, 2.05) is 0 Å². The lowest BCUT2D eigenvalue weighted by atomic mass is 9.86. The molecule has 0 unspecified atom stereocenters. The number of rotatable bonds is 9. The van der Waals surface area contributed by atoms with Gasteiger partial charge in [0, 0.05) is 0 Å². The maximum Gasteiger partial charge on any atom is 0.634 e. The molecule has 0 rings (SSSR count). The molecular weight excluding hydrogens is 191 g/mol. The van der Waals surface area contributed by atoms with Crippen molar-refractivity contribution in [2.75, 3.05) is 0 Å². The summed E-state index contributed by atoms with van der Waals surface area (Å²) in [6, 6.07) is 0. The molecule has 0 saturated heterocycles. The van der Waals surface area contributed by atoms with Gasteiger partial charge < -0.3 is 14.7 Å². The number of hydrogen-bond donors (Lipinski definition) is 2. The highest BCUT2D eigenvalue weighted by Crippen LogP contribution is 2.30. The van der Waals surface area contributed by atoms with Crippen molar-refractivity contribution in [3.63, 3.8) is 0 Å². The Kier molecular flexibility index (Phi) is 8.11. The van der Waals surface area contributed by atoms with Gasteiger partial charge in [-0.05, 0) is 19.3 Å². The largest absolute Gasteiger partial charge is 0.634 e. The molecule has 0 aromatic rings. The van der Waals surface area contributed by atoms with E-state index < -0.39 is 7.32 Å². The van der Waals surface area contributed by atoms with E-state index in [0.29, 0.717) is 0 Å². The third-order valence-corrected chi connectivity index (χ3v) is 2.75. The standard InChI is InChI=1S/C11H25BO3/c1-4-7-10-11(8-5-2,9-6-3)15-12(13)14/h13-14H,4-10H2,1-3H3. The fourth-order valence-electron chi connectivity index (χ4n) is 2.19. The Morgan fingerprint density at radius 2 is 1.47 bits per heavy atom. The summed E-state index contributed by atoms with van der Waals surface area (Å²) >= 11 is 0. The lowest BCUT2D eigenvalue weighted by molar-refractivity contribution is -0.00503. The molecule has 4 heteroatoms. The Balaban J connectivity index is 4.40. The second-order valence-corrected chi connectivity index (χ2v) is 4.23. The lowest BCUT2D eigenvalue weighted by Gasteiger charge is -2.34. The molecule has 0 fully saturated rings. The van der Waals surface area contributed by atoms with Crippen LogP contribution in [0.4, 0.5) is 0 Å². The zero-order valence-electron chi connectivity index (χ0n) is 10.3. The molecular formula is C11H25BO3. The summed E-state index contributed by atoms with van der Waals surface area (Å²) in [6.45, 7) is 6.34. The van der Waals surface area contributed by atoms with Crippen LogP contribution in [0.25, 0.3) is 0 Å². The van der Waals surface area contributed by atoms with Gasteiger partial charge in [0.15, 0.2) is 0 Å². The van der Waals surface area contributed by atoms with Crippen molar-refractivity contribution in [3.05, 3.63) is 0 Å². The lowest BCUT2D eigenvalue weighted by Crippen LogP contribution is -2.39. The number of hydrogen-bond acceptors (Lipinski definition) is 3. The van der Waals surface area contributed by atoms with Crippen molar-refractivity contribution in [2.45, 2.75) is 71.3 Å². The molecule has 0 aliphatic rings. The number of unbranched alkanes of at least 4 members (excludes halogenated alkanes) is 1. The topological polar surface area (TPSA) is 49.7 Å². The first kappa shape index (κ1) is 14.9. The highest BCUT2D eigenvalue weighted by molar-refractivity contribution is 6.32. The second-order valence-electron chi connectivity index (χ2n) is 4.23. The van der Waals surface area contributed by atoms with Crippen LogP contribution >= 0.6 is 0 Å². The highest BCUT2D eigenvalue weighted by Gasteiger charge is 2.32. The smallest absolute Gasteiger partial charge is 0.402 e. The van der Waals surface area contributed by atoms with Crippen LogP contribution < -0.4 is 0 Å². The molecule has 0 aliphatic heterocycles. The summed E-state index contributed by atoms with van der Waals surface area (Å²) in [4.78, 5) is 0. The van der Waals surface area contributed by atoms with Crippen molar-refractivity contribution < 1.29 is 14.7 Å². The minimum atomic E-state index is -1.64. The molecule has 0 aliphatic carbocycles. The van der Waals surface area contributed by atoms with Crippen molar-refractivity contribution in [2.24, 2.45) is 0 Å². The maximum absolute atomic E-state index is 8.97. The molecule has 2 N–H and O–H groups in total. The quantitative estimate of drug-likeness (QED) is 0.582. The molecule has 15 heavy (non-hydrogen) atoms. The Labute approximate surface area is 94.0 Å².